The van der Waals surface area contributed by atoms with Crippen molar-refractivity contribution in [2.75, 3.05) is 6.16 Å². The first-order valence-corrected chi connectivity index (χ1v) is 6.67. The Morgan fingerprint density at radius 3 is 1.87 bits per heavy atom. The molecule has 0 amide bonds. The van der Waals surface area contributed by atoms with Crippen molar-refractivity contribution in [1.82, 2.24) is 0 Å². The molecular formula is C9H19O5P. The summed E-state index contributed by atoms with van der Waals surface area (Å²) < 4.78 is 15.6. The van der Waals surface area contributed by atoms with Gasteiger partial charge in [0.25, 0.3) is 0 Å². The molecule has 0 saturated heterocycles. The molecule has 6 heteroatoms. The first-order valence-electron chi connectivity index (χ1n) is 4.87. The molecule has 2 N–H and O–H groups in total. The molecule has 15 heavy (non-hydrogen) atoms. The highest BCUT2D eigenvalue weighted by Crippen LogP contribution is 2.34. The van der Waals surface area contributed by atoms with Crippen LogP contribution in [0.2, 0.25) is 0 Å². The molecule has 0 rings (SSSR count). The molecule has 0 bridgehead atoms. The van der Waals surface area contributed by atoms with Crippen LogP contribution in [0.4, 0.5) is 0 Å². The minimum Gasteiger partial charge on any atom is -0.461 e. The summed E-state index contributed by atoms with van der Waals surface area (Å²) in [6.07, 6.45) is -1.15. The Bertz CT molecular complexity index is 247. The molecule has 0 unspecified atom stereocenters. The fourth-order valence-electron chi connectivity index (χ4n) is 1.40. The summed E-state index contributed by atoms with van der Waals surface area (Å²) in [6.45, 7) is 7.59. The highest BCUT2D eigenvalue weighted by Gasteiger charge is 2.26. The number of hydrogen-bond donors (Lipinski definition) is 2. The Hall–Kier alpha value is -0.380. The van der Waals surface area contributed by atoms with Crippen molar-refractivity contribution < 1.29 is 23.9 Å². The van der Waals surface area contributed by atoms with E-state index in [0.717, 1.165) is 0 Å². The summed E-state index contributed by atoms with van der Waals surface area (Å²) in [5, 5.41) is 0. The van der Waals surface area contributed by atoms with Crippen molar-refractivity contribution in [3.63, 3.8) is 0 Å². The Morgan fingerprint density at radius 2 is 1.60 bits per heavy atom. The van der Waals surface area contributed by atoms with Crippen LogP contribution in [0.15, 0.2) is 0 Å². The summed E-state index contributed by atoms with van der Waals surface area (Å²) >= 11 is 0. The number of carbonyl (C=O) groups excluding carboxylic acids is 1. The minimum atomic E-state index is -4.31. The van der Waals surface area contributed by atoms with E-state index in [0.29, 0.717) is 0 Å². The average molecular weight is 238 g/mol. The Morgan fingerprint density at radius 1 is 1.20 bits per heavy atom. The molecule has 0 aliphatic rings. The fourth-order valence-corrected chi connectivity index (χ4v) is 1.81. The number of ether oxygens (including phenoxy) is 1. The largest absolute Gasteiger partial charge is 0.461 e. The molecule has 0 aromatic carbocycles. The van der Waals surface area contributed by atoms with E-state index in [1.165, 1.54) is 0 Å². The molecule has 0 radical (unpaired) electrons. The van der Waals surface area contributed by atoms with Crippen LogP contribution in [0.5, 0.6) is 0 Å². The summed E-state index contributed by atoms with van der Waals surface area (Å²) in [5.41, 5.74) is 0. The van der Waals surface area contributed by atoms with E-state index in [-0.39, 0.29) is 17.9 Å². The molecule has 0 atom stereocenters. The maximum Gasteiger partial charge on any atom is 0.336 e. The van der Waals surface area contributed by atoms with E-state index in [1.807, 2.05) is 27.7 Å². The van der Waals surface area contributed by atoms with E-state index in [1.54, 1.807) is 0 Å². The highest BCUT2D eigenvalue weighted by molar-refractivity contribution is 7.52. The van der Waals surface area contributed by atoms with Crippen LogP contribution in [0.3, 0.4) is 0 Å². The third-order valence-corrected chi connectivity index (χ3v) is 2.59. The lowest BCUT2D eigenvalue weighted by Crippen LogP contribution is -2.29. The molecule has 0 spiro atoms. The monoisotopic (exact) mass is 238 g/mol. The van der Waals surface area contributed by atoms with Crippen molar-refractivity contribution in [2.45, 2.75) is 33.8 Å². The predicted octanol–water partition coefficient (Wildman–Crippen LogP) is 1.39. The quantitative estimate of drug-likeness (QED) is 0.558. The van der Waals surface area contributed by atoms with Crippen molar-refractivity contribution in [3.05, 3.63) is 0 Å². The fraction of sp³-hybridized carbons (Fsp3) is 0.889. The van der Waals surface area contributed by atoms with Gasteiger partial charge in [-0.25, -0.2) is 0 Å². The van der Waals surface area contributed by atoms with Gasteiger partial charge in [0.2, 0.25) is 0 Å². The van der Waals surface area contributed by atoms with E-state index < -0.39 is 19.7 Å². The first kappa shape index (κ1) is 14.6. The molecule has 0 fully saturated rings. The molecule has 0 aliphatic heterocycles. The van der Waals surface area contributed by atoms with Crippen molar-refractivity contribution >= 4 is 13.6 Å². The van der Waals surface area contributed by atoms with E-state index in [4.69, 9.17) is 14.5 Å². The second-order valence-electron chi connectivity index (χ2n) is 4.27. The molecule has 90 valence electrons. The maximum absolute atomic E-state index is 11.2. The highest BCUT2D eigenvalue weighted by atomic mass is 31.2. The van der Waals surface area contributed by atoms with Gasteiger partial charge in [-0.3, -0.25) is 9.36 Å². The number of carbonyl (C=O) groups is 1. The van der Waals surface area contributed by atoms with Crippen LogP contribution in [-0.2, 0) is 14.1 Å². The Kier molecular flexibility index (Phi) is 5.49. The molecule has 5 nitrogen and oxygen atoms in total. The lowest BCUT2D eigenvalue weighted by Gasteiger charge is -2.24. The third-order valence-electron chi connectivity index (χ3n) is 1.92. The van der Waals surface area contributed by atoms with Gasteiger partial charge in [0, 0.05) is 0 Å². The Labute approximate surface area is 90.0 Å². The van der Waals surface area contributed by atoms with Gasteiger partial charge in [0.15, 0.2) is 0 Å². The van der Waals surface area contributed by atoms with Crippen LogP contribution in [-0.4, -0.2) is 28.0 Å². The molecule has 0 aromatic heterocycles. The van der Waals surface area contributed by atoms with Gasteiger partial charge in [-0.15, -0.1) is 0 Å². The zero-order chi connectivity index (χ0) is 12.2. The number of hydrogen-bond acceptors (Lipinski definition) is 3. The number of rotatable bonds is 5. The molecular weight excluding hydrogens is 219 g/mol. The topological polar surface area (TPSA) is 83.8 Å². The average Bonchev–Trinajstić information content (AvgIpc) is 1.95. The van der Waals surface area contributed by atoms with Gasteiger partial charge in [-0.05, 0) is 11.8 Å². The van der Waals surface area contributed by atoms with Gasteiger partial charge in [-0.1, -0.05) is 27.7 Å². The van der Waals surface area contributed by atoms with E-state index in [2.05, 4.69) is 0 Å². The van der Waals surface area contributed by atoms with E-state index >= 15 is 0 Å². The lowest BCUT2D eigenvalue weighted by atomic mass is 9.96. The van der Waals surface area contributed by atoms with Gasteiger partial charge in [0.1, 0.15) is 12.3 Å². The summed E-state index contributed by atoms with van der Waals surface area (Å²) in [5.74, 6) is -0.577. The van der Waals surface area contributed by atoms with Gasteiger partial charge in [-0.2, -0.15) is 0 Å². The normalized spacial score (nSPS) is 12.6. The van der Waals surface area contributed by atoms with Crippen molar-refractivity contribution in [3.8, 4) is 0 Å². The third kappa shape index (κ3) is 6.66. The number of esters is 1. The molecule has 0 saturated carbocycles. The predicted molar refractivity (Wildman–Crippen MR) is 56.5 cm³/mol. The summed E-state index contributed by atoms with van der Waals surface area (Å²) in [7, 11) is -4.31. The molecule has 0 aliphatic carbocycles. The zero-order valence-electron chi connectivity index (χ0n) is 9.51. The minimum absolute atomic E-state index is 0.130. The second-order valence-corrected chi connectivity index (χ2v) is 5.91. The lowest BCUT2D eigenvalue weighted by molar-refractivity contribution is -0.150. The first-order chi connectivity index (χ1) is 6.63. The smallest absolute Gasteiger partial charge is 0.336 e. The van der Waals surface area contributed by atoms with Gasteiger partial charge < -0.3 is 14.5 Å². The zero-order valence-corrected chi connectivity index (χ0v) is 10.4. The van der Waals surface area contributed by atoms with Crippen LogP contribution in [0.25, 0.3) is 0 Å². The molecule has 0 aromatic rings. The van der Waals surface area contributed by atoms with Crippen molar-refractivity contribution in [1.29, 1.82) is 0 Å². The van der Waals surface area contributed by atoms with Crippen LogP contribution >= 0.6 is 7.60 Å². The molecule has 0 heterocycles. The second kappa shape index (κ2) is 5.64. The van der Waals surface area contributed by atoms with Crippen LogP contribution in [0.1, 0.15) is 27.7 Å². The van der Waals surface area contributed by atoms with Crippen LogP contribution in [0, 0.1) is 11.8 Å². The van der Waals surface area contributed by atoms with Gasteiger partial charge >= 0.3 is 13.6 Å². The summed E-state index contributed by atoms with van der Waals surface area (Å²) in [4.78, 5) is 28.3. The van der Waals surface area contributed by atoms with E-state index in [9.17, 15) is 9.36 Å². The van der Waals surface area contributed by atoms with Crippen LogP contribution < -0.4 is 0 Å². The summed E-state index contributed by atoms with van der Waals surface area (Å²) in [6, 6.07) is 0. The maximum atomic E-state index is 11.2. The van der Waals surface area contributed by atoms with Gasteiger partial charge in [0.05, 0.1) is 0 Å². The standard InChI is InChI=1S/C9H19O5P/c1-6(2)9(7(3)4)14-8(10)5-15(11,12)13/h6-7,9H,5H2,1-4H3,(H2,11,12,13). The Balaban J connectivity index is 4.31. The van der Waals surface area contributed by atoms with Crippen molar-refractivity contribution in [2.24, 2.45) is 11.8 Å². The SMILES string of the molecule is CC(C)C(OC(=O)CP(=O)(O)O)C(C)C.